The van der Waals surface area contributed by atoms with Gasteiger partial charge in [-0.15, -0.1) is 0 Å². The Bertz CT molecular complexity index is 895. The predicted octanol–water partition coefficient (Wildman–Crippen LogP) is 3.96. The lowest BCUT2D eigenvalue weighted by atomic mass is 10.1. The van der Waals surface area contributed by atoms with Gasteiger partial charge in [-0.2, -0.15) is 5.10 Å². The number of fused-ring (bicyclic) bond motifs is 1. The maximum Gasteiger partial charge on any atom is 0.325 e. The number of carbonyl (C=O) groups excluding carboxylic acids is 2. The van der Waals surface area contributed by atoms with E-state index in [1.807, 2.05) is 54.3 Å². The second kappa shape index (κ2) is 12.2. The van der Waals surface area contributed by atoms with Gasteiger partial charge in [0.25, 0.3) is 5.91 Å². The summed E-state index contributed by atoms with van der Waals surface area (Å²) in [7, 11) is 1.66. The highest BCUT2D eigenvalue weighted by molar-refractivity contribution is 6.04. The number of rotatable bonds is 11. The standard InChI is InChI=1S/C25H36N6O2/c1-4-5-6-7-8-9-13-18-31-21-22(30(3)25(33)27-23(21)32)26-24(31)29-28-19(2)16-17-20-14-11-10-12-15-20/h10-12,14-17,21-22H,4-9,13,18H2,1-3H3,(H,26,29)(H,27,32,33)/b17-16+,28-19-. The molecule has 1 fully saturated rings. The molecule has 8 nitrogen and oxygen atoms in total. The summed E-state index contributed by atoms with van der Waals surface area (Å²) in [6, 6.07) is 9.05. The van der Waals surface area contributed by atoms with Crippen LogP contribution in [-0.4, -0.2) is 59.2 Å². The SMILES string of the molecule is CCCCCCCCCN1C(N/N=C(C)\C=C\c2ccccc2)=NC2C1C(=O)NC(=O)N2C. The molecule has 2 heterocycles. The molecule has 3 amide bonds. The van der Waals surface area contributed by atoms with Crippen LogP contribution < -0.4 is 10.7 Å². The van der Waals surface area contributed by atoms with Crippen LogP contribution in [0.1, 0.15) is 64.4 Å². The smallest absolute Gasteiger partial charge is 0.325 e. The van der Waals surface area contributed by atoms with E-state index < -0.39 is 18.2 Å². The van der Waals surface area contributed by atoms with Crippen molar-refractivity contribution in [1.82, 2.24) is 20.5 Å². The molecule has 1 aromatic rings. The molecule has 2 aliphatic heterocycles. The number of unbranched alkanes of at least 4 members (excludes halogenated alkanes) is 6. The average molecular weight is 453 g/mol. The van der Waals surface area contributed by atoms with Crippen LogP contribution in [0.4, 0.5) is 4.79 Å². The number of hydrogen-bond donors (Lipinski definition) is 2. The van der Waals surface area contributed by atoms with E-state index >= 15 is 0 Å². The largest absolute Gasteiger partial charge is 0.326 e. The molecule has 178 valence electrons. The number of imide groups is 1. The zero-order chi connectivity index (χ0) is 23.6. The van der Waals surface area contributed by atoms with Crippen LogP contribution in [-0.2, 0) is 4.79 Å². The first-order chi connectivity index (χ1) is 16.0. The van der Waals surface area contributed by atoms with Crippen molar-refractivity contribution in [2.24, 2.45) is 10.1 Å². The molecule has 0 bridgehead atoms. The second-order valence-electron chi connectivity index (χ2n) is 8.64. The molecule has 3 rings (SSSR count). The molecule has 1 saturated heterocycles. The highest BCUT2D eigenvalue weighted by Gasteiger charge is 2.48. The first kappa shape index (κ1) is 24.5. The van der Waals surface area contributed by atoms with Crippen LogP contribution in [0.2, 0.25) is 0 Å². The Balaban J connectivity index is 1.64. The van der Waals surface area contributed by atoms with Crippen molar-refractivity contribution < 1.29 is 9.59 Å². The number of allylic oxidation sites excluding steroid dienone is 1. The fourth-order valence-electron chi connectivity index (χ4n) is 4.06. The van der Waals surface area contributed by atoms with Gasteiger partial charge >= 0.3 is 6.03 Å². The summed E-state index contributed by atoms with van der Waals surface area (Å²) in [5, 5.41) is 6.89. The molecule has 1 aromatic carbocycles. The number of aliphatic imine (C=N–C) groups is 1. The van der Waals surface area contributed by atoms with Crippen LogP contribution in [0, 0.1) is 0 Å². The van der Waals surface area contributed by atoms with Crippen molar-refractivity contribution in [2.45, 2.75) is 71.0 Å². The third-order valence-electron chi connectivity index (χ3n) is 6.01. The number of benzene rings is 1. The number of nitrogens with one attached hydrogen (secondary N) is 2. The van der Waals surface area contributed by atoms with Crippen molar-refractivity contribution in [3.8, 4) is 0 Å². The quantitative estimate of drug-likeness (QED) is 0.302. The van der Waals surface area contributed by atoms with Gasteiger partial charge in [0.05, 0.1) is 5.71 Å². The van der Waals surface area contributed by atoms with E-state index in [1.165, 1.54) is 37.0 Å². The Morgan fingerprint density at radius 3 is 2.55 bits per heavy atom. The summed E-state index contributed by atoms with van der Waals surface area (Å²) in [4.78, 5) is 32.8. The van der Waals surface area contributed by atoms with E-state index in [1.54, 1.807) is 7.05 Å². The van der Waals surface area contributed by atoms with E-state index in [9.17, 15) is 9.59 Å². The van der Waals surface area contributed by atoms with E-state index in [2.05, 4.69) is 27.8 Å². The van der Waals surface area contributed by atoms with Gasteiger partial charge in [0.15, 0.2) is 12.2 Å². The zero-order valence-corrected chi connectivity index (χ0v) is 20.0. The maximum atomic E-state index is 12.6. The molecule has 8 heteroatoms. The highest BCUT2D eigenvalue weighted by Crippen LogP contribution is 2.24. The molecule has 0 aromatic heterocycles. The van der Waals surface area contributed by atoms with Crippen molar-refractivity contribution in [1.29, 1.82) is 0 Å². The van der Waals surface area contributed by atoms with Crippen molar-refractivity contribution in [2.75, 3.05) is 13.6 Å². The molecule has 0 aliphatic carbocycles. The molecule has 0 spiro atoms. The zero-order valence-electron chi connectivity index (χ0n) is 20.0. The minimum absolute atomic E-state index is 0.309. The average Bonchev–Trinajstić information content (AvgIpc) is 3.19. The summed E-state index contributed by atoms with van der Waals surface area (Å²) in [6.07, 6.45) is 11.7. The van der Waals surface area contributed by atoms with Gasteiger partial charge in [0.2, 0.25) is 5.96 Å². The Kier molecular flexibility index (Phi) is 9.04. The third kappa shape index (κ3) is 6.66. The minimum atomic E-state index is -0.548. The van der Waals surface area contributed by atoms with Crippen molar-refractivity contribution in [3.05, 3.63) is 42.0 Å². The van der Waals surface area contributed by atoms with Crippen LogP contribution in [0.25, 0.3) is 6.08 Å². The van der Waals surface area contributed by atoms with Gasteiger partial charge in [-0.05, 0) is 25.0 Å². The number of hydrazone groups is 1. The molecular weight excluding hydrogens is 416 g/mol. The normalized spacial score (nSPS) is 20.8. The third-order valence-corrected chi connectivity index (χ3v) is 6.01. The second-order valence-corrected chi connectivity index (χ2v) is 8.64. The lowest BCUT2D eigenvalue weighted by molar-refractivity contribution is -0.127. The van der Waals surface area contributed by atoms with E-state index in [0.717, 1.165) is 24.1 Å². The Morgan fingerprint density at radius 1 is 1.12 bits per heavy atom. The number of amides is 3. The summed E-state index contributed by atoms with van der Waals surface area (Å²) in [6.45, 7) is 4.80. The number of carbonyl (C=O) groups is 2. The van der Waals surface area contributed by atoms with Crippen LogP contribution in [0.5, 0.6) is 0 Å². The molecule has 0 radical (unpaired) electrons. The predicted molar refractivity (Wildman–Crippen MR) is 133 cm³/mol. The lowest BCUT2D eigenvalue weighted by Gasteiger charge is -2.36. The van der Waals surface area contributed by atoms with Gasteiger partial charge in [0.1, 0.15) is 0 Å². The van der Waals surface area contributed by atoms with E-state index in [0.29, 0.717) is 12.5 Å². The summed E-state index contributed by atoms with van der Waals surface area (Å²) in [5.74, 6) is 0.219. The summed E-state index contributed by atoms with van der Waals surface area (Å²) < 4.78 is 0. The topological polar surface area (TPSA) is 89.4 Å². The maximum absolute atomic E-state index is 12.6. The van der Waals surface area contributed by atoms with Gasteiger partial charge in [-0.3, -0.25) is 10.1 Å². The Labute approximate surface area is 196 Å². The Morgan fingerprint density at radius 2 is 1.82 bits per heavy atom. The number of guanidine groups is 1. The van der Waals surface area contributed by atoms with Crippen LogP contribution in [0.3, 0.4) is 0 Å². The lowest BCUT2D eigenvalue weighted by Crippen LogP contribution is -2.64. The number of nitrogens with zero attached hydrogens (tertiary/aromatic N) is 4. The fraction of sp³-hybridized carbons (Fsp3) is 0.520. The number of likely N-dealkylation sites (N-methyl/N-ethyl adjacent to an activating group) is 1. The van der Waals surface area contributed by atoms with E-state index in [-0.39, 0.29) is 5.91 Å². The first-order valence-corrected chi connectivity index (χ1v) is 12.0. The summed E-state index contributed by atoms with van der Waals surface area (Å²) in [5.41, 5.74) is 4.91. The van der Waals surface area contributed by atoms with Crippen molar-refractivity contribution >= 4 is 29.7 Å². The van der Waals surface area contributed by atoms with Gasteiger partial charge < -0.3 is 9.80 Å². The fourth-order valence-corrected chi connectivity index (χ4v) is 4.06. The molecule has 0 saturated carbocycles. The monoisotopic (exact) mass is 452 g/mol. The molecule has 2 N–H and O–H groups in total. The number of hydrogen-bond acceptors (Lipinski definition) is 6. The molecule has 2 aliphatic rings. The first-order valence-electron chi connectivity index (χ1n) is 12.0. The van der Waals surface area contributed by atoms with E-state index in [4.69, 9.17) is 0 Å². The van der Waals surface area contributed by atoms with Gasteiger partial charge in [0, 0.05) is 13.6 Å². The van der Waals surface area contributed by atoms with Crippen molar-refractivity contribution in [3.63, 3.8) is 0 Å². The minimum Gasteiger partial charge on any atom is -0.326 e. The summed E-state index contributed by atoms with van der Waals surface area (Å²) >= 11 is 0. The molecule has 33 heavy (non-hydrogen) atoms. The molecule has 2 unspecified atom stereocenters. The Hall–Kier alpha value is -3.16. The molecular formula is C25H36N6O2. The van der Waals surface area contributed by atoms with Gasteiger partial charge in [-0.25, -0.2) is 15.2 Å². The van der Waals surface area contributed by atoms with Crippen LogP contribution in [0.15, 0.2) is 46.5 Å². The highest BCUT2D eigenvalue weighted by atomic mass is 16.2. The number of urea groups is 1. The molecule has 2 atom stereocenters. The van der Waals surface area contributed by atoms with Crippen LogP contribution >= 0.6 is 0 Å². The van der Waals surface area contributed by atoms with Gasteiger partial charge in [-0.1, -0.05) is 81.9 Å².